The first-order valence-electron chi connectivity index (χ1n) is 4.80. The van der Waals surface area contributed by atoms with Gasteiger partial charge in [0.2, 0.25) is 0 Å². The second-order valence-corrected chi connectivity index (χ2v) is 2.43. The van der Waals surface area contributed by atoms with Gasteiger partial charge in [0.25, 0.3) is 0 Å². The lowest BCUT2D eigenvalue weighted by Crippen LogP contribution is -1.91. The number of nitrogens with two attached hydrogens (primary N) is 1. The van der Waals surface area contributed by atoms with Gasteiger partial charge in [0, 0.05) is 12.1 Å². The molecule has 2 heteroatoms. The third-order valence-corrected chi connectivity index (χ3v) is 1.12. The average molecular weight is 197 g/mol. The van der Waals surface area contributed by atoms with Crippen LogP contribution >= 0.6 is 0 Å². The Morgan fingerprint density at radius 2 is 1.86 bits per heavy atom. The van der Waals surface area contributed by atoms with Crippen LogP contribution in [0.3, 0.4) is 0 Å². The van der Waals surface area contributed by atoms with Gasteiger partial charge in [0.1, 0.15) is 0 Å². The summed E-state index contributed by atoms with van der Waals surface area (Å²) >= 11 is 0. The molecule has 0 atom stereocenters. The molecule has 14 heavy (non-hydrogen) atoms. The van der Waals surface area contributed by atoms with Gasteiger partial charge in [-0.3, -0.25) is 4.79 Å². The Morgan fingerprint density at radius 3 is 1.86 bits per heavy atom. The van der Waals surface area contributed by atoms with E-state index in [0.29, 0.717) is 12.1 Å². The number of rotatable bonds is 3. The summed E-state index contributed by atoms with van der Waals surface area (Å²) in [4.78, 5) is 10.0. The molecule has 0 aromatic heterocycles. The molecule has 0 aliphatic heterocycles. The molecule has 0 aliphatic carbocycles. The molecule has 2 N–H and O–H groups in total. The molecule has 0 unspecified atom stereocenters. The quantitative estimate of drug-likeness (QED) is 0.327. The summed E-state index contributed by atoms with van der Waals surface area (Å²) in [5.41, 5.74) is 8.10. The summed E-state index contributed by atoms with van der Waals surface area (Å²) < 4.78 is 0. The van der Waals surface area contributed by atoms with E-state index in [1.807, 2.05) is 27.7 Å². The monoisotopic (exact) mass is 197 g/mol. The summed E-state index contributed by atoms with van der Waals surface area (Å²) in [6.07, 6.45) is 2.44. The van der Waals surface area contributed by atoms with Gasteiger partial charge in [0.15, 0.2) is 6.29 Å². The number of aldehydes is 1. The van der Waals surface area contributed by atoms with Crippen molar-refractivity contribution in [1.29, 1.82) is 0 Å². The van der Waals surface area contributed by atoms with Gasteiger partial charge in [-0.1, -0.05) is 40.3 Å². The molecule has 0 radical (unpaired) electrons. The van der Waals surface area contributed by atoms with E-state index in [-0.39, 0.29) is 5.92 Å². The molecular formula is C12H23NO. The summed E-state index contributed by atoms with van der Waals surface area (Å²) in [7, 11) is 0. The van der Waals surface area contributed by atoms with E-state index in [9.17, 15) is 4.79 Å². The largest absolute Gasteiger partial charge is 0.327 e. The van der Waals surface area contributed by atoms with Gasteiger partial charge in [-0.2, -0.15) is 0 Å². The predicted octanol–water partition coefficient (Wildman–Crippen LogP) is 2.71. The van der Waals surface area contributed by atoms with Crippen LogP contribution in [0.25, 0.3) is 0 Å². The van der Waals surface area contributed by atoms with Crippen molar-refractivity contribution in [3.8, 4) is 0 Å². The second-order valence-electron chi connectivity index (χ2n) is 2.43. The first-order valence-corrected chi connectivity index (χ1v) is 4.80. The summed E-state index contributed by atoms with van der Waals surface area (Å²) in [5.74, 6) is 0.255. The van der Waals surface area contributed by atoms with Gasteiger partial charge in [-0.05, 0) is 5.92 Å². The van der Waals surface area contributed by atoms with Crippen LogP contribution in [0.1, 0.15) is 27.7 Å². The third kappa shape index (κ3) is 17.1. The molecule has 0 heterocycles. The van der Waals surface area contributed by atoms with Crippen molar-refractivity contribution in [1.82, 2.24) is 0 Å². The van der Waals surface area contributed by atoms with Crippen molar-refractivity contribution in [2.24, 2.45) is 11.7 Å². The van der Waals surface area contributed by atoms with Crippen LogP contribution in [-0.4, -0.2) is 12.8 Å². The maximum atomic E-state index is 10.0. The smallest absolute Gasteiger partial charge is 0.153 e. The van der Waals surface area contributed by atoms with Crippen LogP contribution in [0, 0.1) is 5.92 Å². The molecule has 0 bridgehead atoms. The number of carbonyl (C=O) groups excluding carboxylic acids is 1. The van der Waals surface area contributed by atoms with E-state index >= 15 is 0 Å². The molecule has 82 valence electrons. The third-order valence-electron chi connectivity index (χ3n) is 1.12. The fourth-order valence-electron chi connectivity index (χ4n) is 0.382. The van der Waals surface area contributed by atoms with Crippen molar-refractivity contribution < 1.29 is 4.79 Å². The molecule has 0 aliphatic rings. The second kappa shape index (κ2) is 17.8. The Hall–Kier alpha value is -1.11. The topological polar surface area (TPSA) is 43.1 Å². The molecular weight excluding hydrogens is 174 g/mol. The molecule has 0 aromatic carbocycles. The van der Waals surface area contributed by atoms with E-state index in [0.717, 1.165) is 6.29 Å². The molecule has 2 nitrogen and oxygen atoms in total. The first kappa shape index (κ1) is 18.6. The number of allylic oxidation sites excluding steroid dienone is 1. The minimum absolute atomic E-state index is 0.255. The lowest BCUT2D eigenvalue weighted by Gasteiger charge is -1.96. The molecule has 0 saturated heterocycles. The molecule has 0 rings (SSSR count). The van der Waals surface area contributed by atoms with Crippen molar-refractivity contribution >= 4 is 6.29 Å². The first-order chi connectivity index (χ1) is 6.63. The highest BCUT2D eigenvalue weighted by Gasteiger charge is 1.96. The van der Waals surface area contributed by atoms with Crippen LogP contribution in [0.15, 0.2) is 30.5 Å². The molecule has 0 saturated carbocycles. The normalized spacial score (nSPS) is 7.00. The van der Waals surface area contributed by atoms with Gasteiger partial charge < -0.3 is 5.73 Å². The maximum Gasteiger partial charge on any atom is 0.153 e. The Kier molecular flexibility index (Phi) is 23.7. The van der Waals surface area contributed by atoms with Crippen molar-refractivity contribution in [2.45, 2.75) is 27.7 Å². The van der Waals surface area contributed by atoms with E-state index in [1.54, 1.807) is 6.08 Å². The lowest BCUT2D eigenvalue weighted by molar-refractivity contribution is -0.105. The summed E-state index contributed by atoms with van der Waals surface area (Å²) in [6, 6.07) is 0. The Morgan fingerprint density at radius 1 is 1.50 bits per heavy atom. The standard InChI is InChI=1S/C7H10O.C3H7N.C2H6/c1-4-7(5-8)6(2)3;1-2-3-4;1-2/h5-6H,1H2,2-3H3;2H,1,3-4H2;1-2H3. The van der Waals surface area contributed by atoms with Crippen molar-refractivity contribution in [3.63, 3.8) is 0 Å². The van der Waals surface area contributed by atoms with Crippen LogP contribution in [-0.2, 0) is 4.79 Å². The highest BCUT2D eigenvalue weighted by molar-refractivity contribution is 5.73. The van der Waals surface area contributed by atoms with Crippen molar-refractivity contribution in [3.05, 3.63) is 30.5 Å². The van der Waals surface area contributed by atoms with Crippen LogP contribution < -0.4 is 5.73 Å². The van der Waals surface area contributed by atoms with Crippen LogP contribution in [0.2, 0.25) is 0 Å². The minimum Gasteiger partial charge on any atom is -0.327 e. The van der Waals surface area contributed by atoms with Crippen LogP contribution in [0.5, 0.6) is 0 Å². The predicted molar refractivity (Wildman–Crippen MR) is 64.2 cm³/mol. The fraction of sp³-hybridized carbons (Fsp3) is 0.500. The Labute approximate surface area is 88.2 Å². The molecule has 0 fully saturated rings. The van der Waals surface area contributed by atoms with Crippen molar-refractivity contribution in [2.75, 3.05) is 6.54 Å². The van der Waals surface area contributed by atoms with Gasteiger partial charge in [-0.15, -0.1) is 12.3 Å². The molecule has 0 spiro atoms. The molecule has 0 aromatic rings. The van der Waals surface area contributed by atoms with E-state index in [2.05, 4.69) is 18.9 Å². The van der Waals surface area contributed by atoms with E-state index in [4.69, 9.17) is 5.73 Å². The zero-order valence-corrected chi connectivity index (χ0v) is 9.84. The number of hydrogen-bond donors (Lipinski definition) is 1. The van der Waals surface area contributed by atoms with Gasteiger partial charge >= 0.3 is 0 Å². The molecule has 0 amide bonds. The summed E-state index contributed by atoms with van der Waals surface area (Å²) in [6.45, 7) is 15.2. The van der Waals surface area contributed by atoms with Gasteiger partial charge in [0.05, 0.1) is 0 Å². The summed E-state index contributed by atoms with van der Waals surface area (Å²) in [5, 5.41) is 0. The zero-order valence-electron chi connectivity index (χ0n) is 9.84. The lowest BCUT2D eigenvalue weighted by atomic mass is 10.1. The maximum absolute atomic E-state index is 10.0. The van der Waals surface area contributed by atoms with E-state index in [1.165, 1.54) is 0 Å². The number of carbonyl (C=O) groups is 1. The van der Waals surface area contributed by atoms with E-state index < -0.39 is 0 Å². The fourth-order valence-corrected chi connectivity index (χ4v) is 0.382. The zero-order chi connectivity index (χ0) is 12.0. The SMILES string of the molecule is C=C=C(C=O)C(C)C.C=CCN.CC. The highest BCUT2D eigenvalue weighted by atomic mass is 16.1. The minimum atomic E-state index is 0.255. The van der Waals surface area contributed by atoms with Crippen LogP contribution in [0.4, 0.5) is 0 Å². The highest BCUT2D eigenvalue weighted by Crippen LogP contribution is 2.02. The Bertz CT molecular complexity index is 177. The van der Waals surface area contributed by atoms with Gasteiger partial charge in [-0.25, -0.2) is 0 Å². The Balaban J connectivity index is -0.000000170. The average Bonchev–Trinajstić information content (AvgIpc) is 2.22. The number of hydrogen-bond acceptors (Lipinski definition) is 2.